The molecular formula is C12H15BrN4. The summed E-state index contributed by atoms with van der Waals surface area (Å²) in [5, 5.41) is 11.4. The van der Waals surface area contributed by atoms with E-state index < -0.39 is 0 Å². The number of halogens is 1. The van der Waals surface area contributed by atoms with E-state index in [9.17, 15) is 0 Å². The molecule has 0 saturated carbocycles. The van der Waals surface area contributed by atoms with E-state index in [1.165, 1.54) is 5.56 Å². The third kappa shape index (κ3) is 3.38. The van der Waals surface area contributed by atoms with Gasteiger partial charge in [0, 0.05) is 30.3 Å². The summed E-state index contributed by atoms with van der Waals surface area (Å²) in [6.45, 7) is 2.87. The topological polar surface area (TPSA) is 42.7 Å². The molecular weight excluding hydrogens is 280 g/mol. The number of hydrogen-bond donors (Lipinski definition) is 1. The van der Waals surface area contributed by atoms with Crippen molar-refractivity contribution in [2.24, 2.45) is 7.05 Å². The minimum atomic E-state index is 0.296. The fourth-order valence-corrected chi connectivity index (χ4v) is 1.87. The molecule has 1 unspecified atom stereocenters. The third-order valence-electron chi connectivity index (χ3n) is 2.61. The average Bonchev–Trinajstić information content (AvgIpc) is 2.73. The number of benzene rings is 1. The largest absolute Gasteiger partial charge is 0.304 e. The first-order valence-corrected chi connectivity index (χ1v) is 6.28. The van der Waals surface area contributed by atoms with Crippen LogP contribution in [-0.4, -0.2) is 15.0 Å². The van der Waals surface area contributed by atoms with Gasteiger partial charge in [-0.3, -0.25) is 4.68 Å². The molecule has 1 heterocycles. The standard InChI is InChI=1S/C12H15BrN4/c1-9(10-3-5-11(13)6-4-10)14-7-12-8-17(2)16-15-12/h3-6,8-9,14H,7H2,1-2H3. The van der Waals surface area contributed by atoms with Crippen molar-refractivity contribution < 1.29 is 0 Å². The summed E-state index contributed by atoms with van der Waals surface area (Å²) in [5.41, 5.74) is 2.22. The van der Waals surface area contributed by atoms with E-state index in [-0.39, 0.29) is 0 Å². The Hall–Kier alpha value is -1.20. The summed E-state index contributed by atoms with van der Waals surface area (Å²) in [6.07, 6.45) is 1.92. The maximum atomic E-state index is 4.04. The highest BCUT2D eigenvalue weighted by Gasteiger charge is 2.05. The molecule has 1 aromatic heterocycles. The predicted molar refractivity (Wildman–Crippen MR) is 70.4 cm³/mol. The van der Waals surface area contributed by atoms with Gasteiger partial charge in [-0.15, -0.1) is 5.10 Å². The zero-order valence-corrected chi connectivity index (χ0v) is 11.5. The fourth-order valence-electron chi connectivity index (χ4n) is 1.60. The Kier molecular flexibility index (Phi) is 3.91. The molecule has 0 aliphatic carbocycles. The molecule has 4 nitrogen and oxygen atoms in total. The zero-order valence-electron chi connectivity index (χ0n) is 9.89. The maximum Gasteiger partial charge on any atom is 0.0964 e. The van der Waals surface area contributed by atoms with Crippen LogP contribution in [0.1, 0.15) is 24.2 Å². The second-order valence-electron chi connectivity index (χ2n) is 4.04. The number of nitrogens with zero attached hydrogens (tertiary/aromatic N) is 3. The van der Waals surface area contributed by atoms with Crippen LogP contribution in [0.3, 0.4) is 0 Å². The highest BCUT2D eigenvalue weighted by Crippen LogP contribution is 2.16. The van der Waals surface area contributed by atoms with E-state index in [1.807, 2.05) is 13.2 Å². The van der Waals surface area contributed by atoms with E-state index in [2.05, 4.69) is 62.7 Å². The molecule has 2 aromatic rings. The van der Waals surface area contributed by atoms with Gasteiger partial charge < -0.3 is 5.32 Å². The van der Waals surface area contributed by atoms with E-state index in [0.29, 0.717) is 6.04 Å². The normalized spacial score (nSPS) is 12.6. The minimum Gasteiger partial charge on any atom is -0.304 e. The molecule has 0 fully saturated rings. The van der Waals surface area contributed by atoms with Crippen LogP contribution < -0.4 is 5.32 Å². The zero-order chi connectivity index (χ0) is 12.3. The number of nitrogens with one attached hydrogen (secondary N) is 1. The van der Waals surface area contributed by atoms with Crippen molar-refractivity contribution in [2.45, 2.75) is 19.5 Å². The van der Waals surface area contributed by atoms with Crippen molar-refractivity contribution in [3.05, 3.63) is 46.2 Å². The van der Waals surface area contributed by atoms with Crippen LogP contribution in [-0.2, 0) is 13.6 Å². The molecule has 1 aromatic carbocycles. The minimum absolute atomic E-state index is 0.296. The monoisotopic (exact) mass is 294 g/mol. The van der Waals surface area contributed by atoms with Gasteiger partial charge in [0.15, 0.2) is 0 Å². The summed E-state index contributed by atoms with van der Waals surface area (Å²) in [4.78, 5) is 0. The van der Waals surface area contributed by atoms with Gasteiger partial charge >= 0.3 is 0 Å². The smallest absolute Gasteiger partial charge is 0.0964 e. The summed E-state index contributed by atoms with van der Waals surface area (Å²) >= 11 is 3.43. The third-order valence-corrected chi connectivity index (χ3v) is 3.14. The molecule has 1 atom stereocenters. The Balaban J connectivity index is 1.93. The molecule has 0 radical (unpaired) electrons. The lowest BCUT2D eigenvalue weighted by molar-refractivity contribution is 0.567. The number of rotatable bonds is 4. The lowest BCUT2D eigenvalue weighted by Crippen LogP contribution is -2.18. The Morgan fingerprint density at radius 2 is 2.06 bits per heavy atom. The lowest BCUT2D eigenvalue weighted by atomic mass is 10.1. The van der Waals surface area contributed by atoms with Crippen LogP contribution in [0.15, 0.2) is 34.9 Å². The summed E-state index contributed by atoms with van der Waals surface area (Å²) in [7, 11) is 1.87. The molecule has 2 rings (SSSR count). The number of hydrogen-bond acceptors (Lipinski definition) is 3. The molecule has 0 bridgehead atoms. The lowest BCUT2D eigenvalue weighted by Gasteiger charge is -2.13. The van der Waals surface area contributed by atoms with Crippen molar-refractivity contribution in [1.82, 2.24) is 20.3 Å². The van der Waals surface area contributed by atoms with Gasteiger partial charge in [-0.25, -0.2) is 0 Å². The number of aryl methyl sites for hydroxylation is 1. The average molecular weight is 295 g/mol. The van der Waals surface area contributed by atoms with Gasteiger partial charge in [0.2, 0.25) is 0 Å². The van der Waals surface area contributed by atoms with Crippen molar-refractivity contribution >= 4 is 15.9 Å². The van der Waals surface area contributed by atoms with Crippen molar-refractivity contribution in [3.63, 3.8) is 0 Å². The molecule has 1 N–H and O–H groups in total. The first kappa shape index (κ1) is 12.3. The van der Waals surface area contributed by atoms with E-state index in [0.717, 1.165) is 16.7 Å². The highest BCUT2D eigenvalue weighted by atomic mass is 79.9. The molecule has 0 saturated heterocycles. The van der Waals surface area contributed by atoms with Crippen LogP contribution in [0.2, 0.25) is 0 Å². The van der Waals surface area contributed by atoms with Gasteiger partial charge in [-0.05, 0) is 24.6 Å². The van der Waals surface area contributed by atoms with Crippen LogP contribution in [0.25, 0.3) is 0 Å². The van der Waals surface area contributed by atoms with E-state index in [1.54, 1.807) is 4.68 Å². The van der Waals surface area contributed by atoms with Crippen molar-refractivity contribution in [3.8, 4) is 0 Å². The predicted octanol–water partition coefficient (Wildman–Crippen LogP) is 2.43. The highest BCUT2D eigenvalue weighted by molar-refractivity contribution is 9.10. The second-order valence-corrected chi connectivity index (χ2v) is 4.95. The van der Waals surface area contributed by atoms with Crippen molar-refractivity contribution in [2.75, 3.05) is 0 Å². The van der Waals surface area contributed by atoms with Gasteiger partial charge in [0.05, 0.1) is 5.69 Å². The molecule has 0 aliphatic rings. The first-order valence-electron chi connectivity index (χ1n) is 5.49. The summed E-state index contributed by atoms with van der Waals surface area (Å²) in [5.74, 6) is 0. The first-order chi connectivity index (χ1) is 8.15. The van der Waals surface area contributed by atoms with Gasteiger partial charge in [0.1, 0.15) is 0 Å². The molecule has 90 valence electrons. The fraction of sp³-hybridized carbons (Fsp3) is 0.333. The summed E-state index contributed by atoms with van der Waals surface area (Å²) < 4.78 is 2.81. The van der Waals surface area contributed by atoms with E-state index >= 15 is 0 Å². The van der Waals surface area contributed by atoms with Crippen LogP contribution in [0.5, 0.6) is 0 Å². The van der Waals surface area contributed by atoms with Crippen LogP contribution >= 0.6 is 15.9 Å². The van der Waals surface area contributed by atoms with Gasteiger partial charge in [-0.1, -0.05) is 33.3 Å². The number of aromatic nitrogens is 3. The molecule has 0 spiro atoms. The van der Waals surface area contributed by atoms with Crippen LogP contribution in [0.4, 0.5) is 0 Å². The molecule has 0 aliphatic heterocycles. The summed E-state index contributed by atoms with van der Waals surface area (Å²) in [6, 6.07) is 8.62. The maximum absolute atomic E-state index is 4.04. The Bertz CT molecular complexity index is 478. The Labute approximate surface area is 109 Å². The van der Waals surface area contributed by atoms with Gasteiger partial charge in [0.25, 0.3) is 0 Å². The Morgan fingerprint density at radius 1 is 1.35 bits per heavy atom. The Morgan fingerprint density at radius 3 is 2.65 bits per heavy atom. The van der Waals surface area contributed by atoms with Gasteiger partial charge in [-0.2, -0.15) is 0 Å². The molecule has 5 heteroatoms. The molecule has 17 heavy (non-hydrogen) atoms. The van der Waals surface area contributed by atoms with Crippen LogP contribution in [0, 0.1) is 0 Å². The molecule has 0 amide bonds. The SMILES string of the molecule is CC(NCc1cn(C)nn1)c1ccc(Br)cc1. The second kappa shape index (κ2) is 5.42. The quantitative estimate of drug-likeness (QED) is 0.942. The van der Waals surface area contributed by atoms with Crippen molar-refractivity contribution in [1.29, 1.82) is 0 Å². The van der Waals surface area contributed by atoms with E-state index in [4.69, 9.17) is 0 Å².